The van der Waals surface area contributed by atoms with Crippen LogP contribution in [0.15, 0.2) is 12.1 Å². The maximum atomic E-state index is 7.49. The zero-order chi connectivity index (χ0) is 29.8. The van der Waals surface area contributed by atoms with Crippen LogP contribution in [0.2, 0.25) is 16.6 Å². The largest absolute Gasteiger partial charge is 0.542 e. The Bertz CT molecular complexity index is 1130. The van der Waals surface area contributed by atoms with Crippen LogP contribution in [0.1, 0.15) is 91.0 Å². The van der Waals surface area contributed by atoms with Gasteiger partial charge in [0.2, 0.25) is 5.75 Å². The molecule has 0 bridgehead atoms. The zero-order valence-corrected chi connectivity index (χ0v) is 27.9. The van der Waals surface area contributed by atoms with E-state index in [1.165, 1.54) is 0 Å². The van der Waals surface area contributed by atoms with Gasteiger partial charge in [-0.2, -0.15) is 0 Å². The van der Waals surface area contributed by atoms with E-state index < -0.39 is 8.32 Å². The van der Waals surface area contributed by atoms with Crippen LogP contribution in [0.5, 0.6) is 28.7 Å². The Labute approximate surface area is 243 Å². The summed E-state index contributed by atoms with van der Waals surface area (Å²) in [6.45, 7) is 18.8. The molecular formula is C33H52O6Si. The number of hydrogen-bond acceptors (Lipinski definition) is 6. The predicted molar refractivity (Wildman–Crippen MR) is 166 cm³/mol. The molecule has 0 saturated carbocycles. The van der Waals surface area contributed by atoms with Crippen molar-refractivity contribution in [3.8, 4) is 39.9 Å². The van der Waals surface area contributed by atoms with E-state index in [0.717, 1.165) is 65.0 Å². The fraction of sp³-hybridized carbons (Fsp3) is 0.636. The van der Waals surface area contributed by atoms with Gasteiger partial charge in [-0.3, -0.25) is 0 Å². The van der Waals surface area contributed by atoms with Gasteiger partial charge in [0.05, 0.1) is 34.0 Å². The van der Waals surface area contributed by atoms with Crippen LogP contribution in [0.4, 0.5) is 0 Å². The number of ether oxygens (including phenoxy) is 5. The van der Waals surface area contributed by atoms with Gasteiger partial charge < -0.3 is 28.1 Å². The van der Waals surface area contributed by atoms with Crippen LogP contribution in [-0.4, -0.2) is 43.4 Å². The minimum Gasteiger partial charge on any atom is -0.542 e. The lowest BCUT2D eigenvalue weighted by Gasteiger charge is -2.43. The second-order valence-corrected chi connectivity index (χ2v) is 17.1. The summed E-state index contributed by atoms with van der Waals surface area (Å²) >= 11 is 0. The smallest absolute Gasteiger partial charge is 0.258 e. The standard InChI is InChI=1S/C33H52O6Si/c1-13-15-24-19-26(39-40(20(3)4,21(5)6)22(7)8)29-25(34-9)17-16-23-18-27(35-10)32(36-11)33(37-12)28(23)30(29)31(24)38-14-2/h18-22,25H,13-17H2,1-12H3. The Morgan fingerprint density at radius 3 is 1.88 bits per heavy atom. The average Bonchev–Trinajstić information content (AvgIpc) is 3.08. The molecule has 1 aliphatic carbocycles. The highest BCUT2D eigenvalue weighted by molar-refractivity contribution is 6.78. The maximum absolute atomic E-state index is 7.49. The number of fused-ring (bicyclic) bond motifs is 3. The van der Waals surface area contributed by atoms with E-state index in [4.69, 9.17) is 28.1 Å². The molecule has 0 saturated heterocycles. The topological polar surface area (TPSA) is 55.4 Å². The fourth-order valence-electron chi connectivity index (χ4n) is 7.01. The van der Waals surface area contributed by atoms with Gasteiger partial charge in [0, 0.05) is 23.8 Å². The first kappa shape index (κ1) is 32.1. The van der Waals surface area contributed by atoms with Crippen LogP contribution < -0.4 is 23.4 Å². The number of rotatable bonds is 13. The first-order chi connectivity index (χ1) is 19.1. The predicted octanol–water partition coefficient (Wildman–Crippen LogP) is 8.92. The normalized spacial score (nSPS) is 15.1. The molecular weight excluding hydrogens is 520 g/mol. The monoisotopic (exact) mass is 572 g/mol. The molecule has 40 heavy (non-hydrogen) atoms. The van der Waals surface area contributed by atoms with E-state index in [1.807, 2.05) is 6.92 Å². The molecule has 224 valence electrons. The summed E-state index contributed by atoms with van der Waals surface area (Å²) in [6.07, 6.45) is 3.27. The molecule has 0 heterocycles. The summed E-state index contributed by atoms with van der Waals surface area (Å²) in [4.78, 5) is 0. The van der Waals surface area contributed by atoms with Gasteiger partial charge in [-0.1, -0.05) is 54.9 Å². The molecule has 1 atom stereocenters. The summed E-state index contributed by atoms with van der Waals surface area (Å²) in [5.74, 6) is 3.69. The summed E-state index contributed by atoms with van der Waals surface area (Å²) < 4.78 is 38.0. The van der Waals surface area contributed by atoms with Crippen molar-refractivity contribution >= 4 is 8.32 Å². The van der Waals surface area contributed by atoms with Gasteiger partial charge in [0.15, 0.2) is 11.5 Å². The summed E-state index contributed by atoms with van der Waals surface area (Å²) in [6, 6.07) is 4.34. The van der Waals surface area contributed by atoms with Crippen molar-refractivity contribution in [2.45, 2.75) is 104 Å². The Hall–Kier alpha value is -2.38. The third-order valence-electron chi connectivity index (χ3n) is 8.60. The molecule has 2 aromatic rings. The average molecular weight is 573 g/mol. The third-order valence-corrected chi connectivity index (χ3v) is 14.6. The quantitative estimate of drug-likeness (QED) is 0.223. The van der Waals surface area contributed by atoms with Crippen LogP contribution in [-0.2, 0) is 17.6 Å². The molecule has 3 rings (SSSR count). The van der Waals surface area contributed by atoms with E-state index >= 15 is 0 Å². The van der Waals surface area contributed by atoms with E-state index in [0.29, 0.717) is 40.5 Å². The molecule has 2 aromatic carbocycles. The number of hydrogen-bond donors (Lipinski definition) is 0. The second kappa shape index (κ2) is 13.5. The highest BCUT2D eigenvalue weighted by Crippen LogP contribution is 2.57. The lowest BCUT2D eigenvalue weighted by Crippen LogP contribution is -2.51. The van der Waals surface area contributed by atoms with Gasteiger partial charge in [0.25, 0.3) is 8.32 Å². The van der Waals surface area contributed by atoms with Crippen molar-refractivity contribution in [3.05, 3.63) is 28.8 Å². The first-order valence-corrected chi connectivity index (χ1v) is 17.1. The van der Waals surface area contributed by atoms with E-state index in [-0.39, 0.29) is 6.10 Å². The van der Waals surface area contributed by atoms with E-state index in [2.05, 4.69) is 60.6 Å². The third kappa shape index (κ3) is 5.56. The Kier molecular flexibility index (Phi) is 10.9. The Balaban J connectivity index is 2.58. The molecule has 6 nitrogen and oxygen atoms in total. The molecule has 1 unspecified atom stereocenters. The van der Waals surface area contributed by atoms with E-state index in [9.17, 15) is 0 Å². The summed E-state index contributed by atoms with van der Waals surface area (Å²) in [5, 5.41) is 0. The van der Waals surface area contributed by atoms with Crippen LogP contribution in [0, 0.1) is 0 Å². The summed E-state index contributed by atoms with van der Waals surface area (Å²) in [7, 11) is 4.52. The van der Waals surface area contributed by atoms with Crippen molar-refractivity contribution in [3.63, 3.8) is 0 Å². The zero-order valence-electron chi connectivity index (χ0n) is 26.9. The lowest BCUT2D eigenvalue weighted by molar-refractivity contribution is 0.0952. The maximum Gasteiger partial charge on any atom is 0.258 e. The SMILES string of the molecule is CCCc1cc(O[Si](C(C)C)(C(C)C)C(C)C)c2c(c1OCC)-c1c(cc(OC)c(OC)c1OC)CCC2OC. The van der Waals surface area contributed by atoms with Crippen molar-refractivity contribution < 1.29 is 28.1 Å². The van der Waals surface area contributed by atoms with Crippen molar-refractivity contribution in [1.29, 1.82) is 0 Å². The van der Waals surface area contributed by atoms with Gasteiger partial charge in [-0.15, -0.1) is 0 Å². The van der Waals surface area contributed by atoms with Crippen LogP contribution in [0.25, 0.3) is 11.1 Å². The molecule has 0 amide bonds. The molecule has 1 aliphatic rings. The highest BCUT2D eigenvalue weighted by atomic mass is 28.4. The number of benzene rings is 2. The molecule has 7 heteroatoms. The number of methoxy groups -OCH3 is 4. The van der Waals surface area contributed by atoms with Gasteiger partial charge >= 0.3 is 0 Å². The number of aryl methyl sites for hydroxylation is 2. The van der Waals surface area contributed by atoms with Crippen molar-refractivity contribution in [2.75, 3.05) is 35.0 Å². The fourth-order valence-corrected chi connectivity index (χ4v) is 12.3. The van der Waals surface area contributed by atoms with Crippen LogP contribution >= 0.6 is 0 Å². The van der Waals surface area contributed by atoms with Gasteiger partial charge in [-0.05, 0) is 66.1 Å². The minimum atomic E-state index is -2.29. The minimum absolute atomic E-state index is 0.174. The van der Waals surface area contributed by atoms with Crippen LogP contribution in [0.3, 0.4) is 0 Å². The van der Waals surface area contributed by atoms with Gasteiger partial charge in [0.1, 0.15) is 11.5 Å². The molecule has 0 radical (unpaired) electrons. The first-order valence-electron chi connectivity index (χ1n) is 14.9. The molecule has 0 fully saturated rings. The van der Waals surface area contributed by atoms with Crippen molar-refractivity contribution in [2.24, 2.45) is 0 Å². The lowest BCUT2D eigenvalue weighted by atomic mass is 9.89. The Morgan fingerprint density at radius 2 is 1.40 bits per heavy atom. The highest BCUT2D eigenvalue weighted by Gasteiger charge is 2.48. The van der Waals surface area contributed by atoms with E-state index in [1.54, 1.807) is 28.4 Å². The molecule has 0 aliphatic heterocycles. The molecule has 0 aromatic heterocycles. The second-order valence-electron chi connectivity index (χ2n) is 11.7. The Morgan fingerprint density at radius 1 is 0.775 bits per heavy atom. The van der Waals surface area contributed by atoms with Gasteiger partial charge in [-0.25, -0.2) is 0 Å². The van der Waals surface area contributed by atoms with Crippen molar-refractivity contribution in [1.82, 2.24) is 0 Å². The molecule has 0 spiro atoms. The molecule has 0 N–H and O–H groups in total. The summed E-state index contributed by atoms with van der Waals surface area (Å²) in [5.41, 5.74) is 6.60.